The van der Waals surface area contributed by atoms with Gasteiger partial charge in [-0.2, -0.15) is 13.2 Å². The van der Waals surface area contributed by atoms with E-state index in [2.05, 4.69) is 10.6 Å². The van der Waals surface area contributed by atoms with Gasteiger partial charge < -0.3 is 15.5 Å². The number of carbonyl (C=O) groups is 3. The first-order valence-corrected chi connectivity index (χ1v) is 9.85. The molecule has 0 unspecified atom stereocenters. The lowest BCUT2D eigenvalue weighted by Gasteiger charge is -2.21. The van der Waals surface area contributed by atoms with Crippen molar-refractivity contribution in [2.75, 3.05) is 23.7 Å². The second-order valence-electron chi connectivity index (χ2n) is 7.25. The van der Waals surface area contributed by atoms with Crippen LogP contribution < -0.4 is 10.6 Å². The first-order valence-electron chi connectivity index (χ1n) is 9.85. The van der Waals surface area contributed by atoms with Gasteiger partial charge in [0.15, 0.2) is 0 Å². The molecule has 0 spiro atoms. The van der Waals surface area contributed by atoms with Crippen LogP contribution in [0.1, 0.15) is 35.7 Å². The quantitative estimate of drug-likeness (QED) is 0.689. The van der Waals surface area contributed by atoms with Gasteiger partial charge >= 0.3 is 6.18 Å². The van der Waals surface area contributed by atoms with Crippen molar-refractivity contribution < 1.29 is 27.6 Å². The van der Waals surface area contributed by atoms with Crippen LogP contribution in [0.2, 0.25) is 0 Å². The van der Waals surface area contributed by atoms with E-state index >= 15 is 0 Å². The van der Waals surface area contributed by atoms with E-state index in [1.165, 1.54) is 29.2 Å². The molecule has 1 saturated carbocycles. The summed E-state index contributed by atoms with van der Waals surface area (Å²) in [7, 11) is 0. The van der Waals surface area contributed by atoms with Crippen LogP contribution in [0.3, 0.4) is 0 Å². The van der Waals surface area contributed by atoms with Crippen molar-refractivity contribution in [1.29, 1.82) is 0 Å². The second kappa shape index (κ2) is 9.20. The summed E-state index contributed by atoms with van der Waals surface area (Å²) >= 11 is 0. The zero-order valence-corrected chi connectivity index (χ0v) is 16.8. The molecule has 0 radical (unpaired) electrons. The van der Waals surface area contributed by atoms with Crippen LogP contribution in [0, 0.1) is 5.92 Å². The Bertz CT molecular complexity index is 970. The number of hydrogen-bond acceptors (Lipinski definition) is 3. The first kappa shape index (κ1) is 22.3. The minimum Gasteiger partial charge on any atom is -0.330 e. The number of anilines is 2. The third-order valence-corrected chi connectivity index (χ3v) is 4.86. The van der Waals surface area contributed by atoms with Gasteiger partial charge in [-0.15, -0.1) is 0 Å². The highest BCUT2D eigenvalue weighted by atomic mass is 19.4. The predicted molar refractivity (Wildman–Crippen MR) is 109 cm³/mol. The van der Waals surface area contributed by atoms with Gasteiger partial charge in [-0.25, -0.2) is 0 Å². The fraction of sp³-hybridized carbons (Fsp3) is 0.318. The molecule has 2 aromatic rings. The first-order chi connectivity index (χ1) is 14.7. The molecule has 1 aliphatic rings. The number of hydrogen-bond donors (Lipinski definition) is 2. The Kier molecular flexibility index (Phi) is 6.62. The van der Waals surface area contributed by atoms with E-state index in [9.17, 15) is 27.6 Å². The third-order valence-electron chi connectivity index (χ3n) is 4.86. The topological polar surface area (TPSA) is 78.5 Å². The van der Waals surface area contributed by atoms with Gasteiger partial charge in [0, 0.05) is 23.7 Å². The third kappa shape index (κ3) is 5.84. The molecule has 3 amide bonds. The number of benzene rings is 2. The van der Waals surface area contributed by atoms with Crippen molar-refractivity contribution in [1.82, 2.24) is 4.90 Å². The van der Waals surface area contributed by atoms with Crippen LogP contribution in [0.15, 0.2) is 48.5 Å². The molecule has 0 saturated heterocycles. The van der Waals surface area contributed by atoms with Gasteiger partial charge in [-0.1, -0.05) is 12.1 Å². The maximum atomic E-state index is 13.1. The zero-order valence-electron chi connectivity index (χ0n) is 16.8. The lowest BCUT2D eigenvalue weighted by molar-refractivity contribution is -0.137. The molecule has 3 rings (SSSR count). The van der Waals surface area contributed by atoms with Gasteiger partial charge in [0.2, 0.25) is 11.8 Å². The molecule has 0 atom stereocenters. The number of likely N-dealkylation sites (N-methyl/N-ethyl adjacent to an activating group) is 1. The number of halogens is 3. The molecule has 0 heterocycles. The summed E-state index contributed by atoms with van der Waals surface area (Å²) in [6.45, 7) is 1.45. The number of para-hydroxylation sites is 1. The Morgan fingerprint density at radius 2 is 1.65 bits per heavy atom. The van der Waals surface area contributed by atoms with E-state index in [0.717, 1.165) is 25.0 Å². The summed E-state index contributed by atoms with van der Waals surface area (Å²) in [6.07, 6.45) is -2.85. The van der Waals surface area contributed by atoms with Gasteiger partial charge in [0.25, 0.3) is 5.91 Å². The second-order valence-corrected chi connectivity index (χ2v) is 7.25. The van der Waals surface area contributed by atoms with Crippen molar-refractivity contribution in [2.45, 2.75) is 25.9 Å². The standard InChI is InChI=1S/C22H22F3N3O3/c1-2-28(13-19(29)27-18-6-4-3-5-17(18)22(23,24)25)21(31)15-9-11-16(12-10-15)26-20(30)14-7-8-14/h3-6,9-12,14H,2,7-8,13H2,1H3,(H,26,30)(H,27,29). The SMILES string of the molecule is CCN(CC(=O)Nc1ccccc1C(F)(F)F)C(=O)c1ccc(NC(=O)C2CC2)cc1. The maximum absolute atomic E-state index is 13.1. The summed E-state index contributed by atoms with van der Waals surface area (Å²) in [5, 5.41) is 5.01. The van der Waals surface area contributed by atoms with E-state index in [1.54, 1.807) is 19.1 Å². The Labute approximate surface area is 177 Å². The van der Waals surface area contributed by atoms with E-state index in [4.69, 9.17) is 0 Å². The van der Waals surface area contributed by atoms with E-state index in [1.807, 2.05) is 0 Å². The molecule has 31 heavy (non-hydrogen) atoms. The van der Waals surface area contributed by atoms with E-state index in [0.29, 0.717) is 11.3 Å². The van der Waals surface area contributed by atoms with Crippen LogP contribution >= 0.6 is 0 Å². The Hall–Kier alpha value is -3.36. The van der Waals surface area contributed by atoms with Gasteiger partial charge in [-0.3, -0.25) is 14.4 Å². The minimum atomic E-state index is -4.61. The van der Waals surface area contributed by atoms with Gasteiger partial charge in [0.05, 0.1) is 11.3 Å². The van der Waals surface area contributed by atoms with Crippen LogP contribution in [-0.4, -0.2) is 35.7 Å². The van der Waals surface area contributed by atoms with Crippen LogP contribution in [0.5, 0.6) is 0 Å². The molecule has 0 aromatic heterocycles. The molecular weight excluding hydrogens is 411 g/mol. The Morgan fingerprint density at radius 3 is 2.23 bits per heavy atom. The number of alkyl halides is 3. The van der Waals surface area contributed by atoms with Crippen molar-refractivity contribution in [3.63, 3.8) is 0 Å². The highest BCUT2D eigenvalue weighted by Gasteiger charge is 2.33. The molecule has 0 bridgehead atoms. The Balaban J connectivity index is 1.63. The van der Waals surface area contributed by atoms with E-state index in [-0.39, 0.29) is 24.1 Å². The molecule has 2 N–H and O–H groups in total. The molecular formula is C22H22F3N3O3. The average molecular weight is 433 g/mol. The van der Waals surface area contributed by atoms with E-state index < -0.39 is 30.1 Å². The molecule has 1 aliphatic carbocycles. The molecule has 1 fully saturated rings. The lowest BCUT2D eigenvalue weighted by Crippen LogP contribution is -2.38. The van der Waals surface area contributed by atoms with Crippen molar-refractivity contribution in [3.05, 3.63) is 59.7 Å². The summed E-state index contributed by atoms with van der Waals surface area (Å²) in [5.41, 5.74) is -0.450. The maximum Gasteiger partial charge on any atom is 0.418 e. The molecule has 2 aromatic carbocycles. The summed E-state index contributed by atoms with van der Waals surface area (Å²) in [6, 6.07) is 10.9. The van der Waals surface area contributed by atoms with Crippen molar-refractivity contribution in [3.8, 4) is 0 Å². The molecule has 9 heteroatoms. The largest absolute Gasteiger partial charge is 0.418 e. The minimum absolute atomic E-state index is 0.0509. The lowest BCUT2D eigenvalue weighted by atomic mass is 10.1. The zero-order chi connectivity index (χ0) is 22.6. The van der Waals surface area contributed by atoms with Crippen LogP contribution in [0.25, 0.3) is 0 Å². The fourth-order valence-corrected chi connectivity index (χ4v) is 3.00. The van der Waals surface area contributed by atoms with Gasteiger partial charge in [-0.05, 0) is 56.2 Å². The number of nitrogens with zero attached hydrogens (tertiary/aromatic N) is 1. The van der Waals surface area contributed by atoms with Crippen molar-refractivity contribution >= 4 is 29.1 Å². The summed E-state index contributed by atoms with van der Waals surface area (Å²) in [4.78, 5) is 38.1. The van der Waals surface area contributed by atoms with Crippen molar-refractivity contribution in [2.24, 2.45) is 5.92 Å². The normalized spacial score (nSPS) is 13.4. The smallest absolute Gasteiger partial charge is 0.330 e. The Morgan fingerprint density at radius 1 is 1.00 bits per heavy atom. The molecule has 6 nitrogen and oxygen atoms in total. The number of carbonyl (C=O) groups excluding carboxylic acids is 3. The monoisotopic (exact) mass is 433 g/mol. The molecule has 0 aliphatic heterocycles. The van der Waals surface area contributed by atoms with Crippen LogP contribution in [-0.2, 0) is 15.8 Å². The summed E-state index contributed by atoms with van der Waals surface area (Å²) < 4.78 is 39.3. The highest BCUT2D eigenvalue weighted by molar-refractivity contribution is 6.00. The number of nitrogens with one attached hydrogen (secondary N) is 2. The van der Waals surface area contributed by atoms with Gasteiger partial charge in [0.1, 0.15) is 6.54 Å². The number of rotatable bonds is 7. The number of amides is 3. The average Bonchev–Trinajstić information content (AvgIpc) is 3.57. The van der Waals surface area contributed by atoms with Crippen LogP contribution in [0.4, 0.5) is 24.5 Å². The molecule has 164 valence electrons. The predicted octanol–water partition coefficient (Wildman–Crippen LogP) is 4.15. The highest BCUT2D eigenvalue weighted by Crippen LogP contribution is 2.34. The summed E-state index contributed by atoms with van der Waals surface area (Å²) in [5.74, 6) is -1.18. The fourth-order valence-electron chi connectivity index (χ4n) is 3.00.